The van der Waals surface area contributed by atoms with Crippen LogP contribution < -0.4 is 5.32 Å². The minimum Gasteiger partial charge on any atom is -0.469 e. The van der Waals surface area contributed by atoms with Gasteiger partial charge in [0.05, 0.1) is 24.8 Å². The number of benzene rings is 2. The molecule has 8 nitrogen and oxygen atoms in total. The van der Waals surface area contributed by atoms with Crippen LogP contribution in [-0.2, 0) is 25.5 Å². The molecule has 0 fully saturated rings. The zero-order valence-electron chi connectivity index (χ0n) is 21.9. The van der Waals surface area contributed by atoms with Crippen LogP contribution in [0.3, 0.4) is 0 Å². The van der Waals surface area contributed by atoms with Crippen LogP contribution in [0.1, 0.15) is 62.4 Å². The molecular weight excluding hydrogens is 472 g/mol. The maximum absolute atomic E-state index is 13.3. The quantitative estimate of drug-likeness (QED) is 0.224. The summed E-state index contributed by atoms with van der Waals surface area (Å²) in [6.45, 7) is 5.15. The molecule has 0 saturated carbocycles. The number of hydrogen-bond acceptors (Lipinski definition) is 7. The number of carbonyl (C=O) groups is 4. The van der Waals surface area contributed by atoms with Crippen LogP contribution in [0.15, 0.2) is 60.7 Å². The van der Waals surface area contributed by atoms with E-state index in [0.29, 0.717) is 18.4 Å². The minimum atomic E-state index is -0.947. The molecule has 2 aromatic rings. The minimum absolute atomic E-state index is 0.0776. The Bertz CT molecular complexity index is 1080. The second-order valence-corrected chi connectivity index (χ2v) is 9.84. The van der Waals surface area contributed by atoms with Crippen molar-refractivity contribution in [1.29, 1.82) is 5.41 Å². The fraction of sp³-hybridized carbons (Fsp3) is 0.414. The molecule has 0 aliphatic carbocycles. The van der Waals surface area contributed by atoms with E-state index in [1.165, 1.54) is 7.11 Å². The fourth-order valence-corrected chi connectivity index (χ4v) is 3.81. The van der Waals surface area contributed by atoms with Gasteiger partial charge >= 0.3 is 12.1 Å². The van der Waals surface area contributed by atoms with Crippen molar-refractivity contribution in [1.82, 2.24) is 5.32 Å². The van der Waals surface area contributed by atoms with E-state index in [1.54, 1.807) is 51.1 Å². The number of ketones is 2. The van der Waals surface area contributed by atoms with Gasteiger partial charge in [0.1, 0.15) is 5.60 Å². The summed E-state index contributed by atoms with van der Waals surface area (Å²) in [5.41, 5.74) is 0.472. The van der Waals surface area contributed by atoms with Crippen molar-refractivity contribution in [3.8, 4) is 0 Å². The van der Waals surface area contributed by atoms with Crippen molar-refractivity contribution >= 4 is 29.3 Å². The van der Waals surface area contributed by atoms with E-state index >= 15 is 0 Å². The lowest BCUT2D eigenvalue weighted by atomic mass is 9.90. The molecule has 0 heterocycles. The Hall–Kier alpha value is -3.81. The van der Waals surface area contributed by atoms with Gasteiger partial charge in [0.15, 0.2) is 5.78 Å². The molecule has 0 spiro atoms. The second-order valence-electron chi connectivity index (χ2n) is 9.84. The van der Waals surface area contributed by atoms with Gasteiger partial charge in [0.2, 0.25) is 5.78 Å². The molecule has 37 heavy (non-hydrogen) atoms. The van der Waals surface area contributed by atoms with Crippen LogP contribution >= 0.6 is 0 Å². The second kappa shape index (κ2) is 14.1. The number of esters is 1. The van der Waals surface area contributed by atoms with Crippen LogP contribution in [0.5, 0.6) is 0 Å². The van der Waals surface area contributed by atoms with Gasteiger partial charge in [-0.05, 0) is 52.0 Å². The first-order chi connectivity index (χ1) is 17.5. The summed E-state index contributed by atoms with van der Waals surface area (Å²) in [4.78, 5) is 50.7. The monoisotopic (exact) mass is 508 g/mol. The van der Waals surface area contributed by atoms with E-state index in [1.807, 2.05) is 30.3 Å². The smallest absolute Gasteiger partial charge is 0.408 e. The number of hydrogen-bond donors (Lipinski definition) is 2. The van der Waals surface area contributed by atoms with Gasteiger partial charge in [-0.2, -0.15) is 0 Å². The molecule has 0 saturated heterocycles. The molecule has 8 heteroatoms. The molecule has 2 aromatic carbocycles. The van der Waals surface area contributed by atoms with Gasteiger partial charge in [-0.3, -0.25) is 14.4 Å². The van der Waals surface area contributed by atoms with Crippen molar-refractivity contribution in [3.63, 3.8) is 0 Å². The molecule has 198 valence electrons. The van der Waals surface area contributed by atoms with Gasteiger partial charge in [-0.15, -0.1) is 0 Å². The Morgan fingerprint density at radius 1 is 0.946 bits per heavy atom. The molecule has 2 N–H and O–H groups in total. The molecule has 2 atom stereocenters. The van der Waals surface area contributed by atoms with Gasteiger partial charge in [-0.25, -0.2) is 4.79 Å². The van der Waals surface area contributed by atoms with Crippen molar-refractivity contribution in [2.45, 2.75) is 64.5 Å². The predicted octanol–water partition coefficient (Wildman–Crippen LogP) is 4.94. The van der Waals surface area contributed by atoms with Gasteiger partial charge < -0.3 is 20.2 Å². The third kappa shape index (κ3) is 10.4. The summed E-state index contributed by atoms with van der Waals surface area (Å²) in [6.07, 6.45) is 0.0565. The predicted molar refractivity (Wildman–Crippen MR) is 141 cm³/mol. The number of alkyl carbamates (subject to hydrolysis) is 1. The van der Waals surface area contributed by atoms with Crippen molar-refractivity contribution in [2.24, 2.45) is 5.92 Å². The molecule has 1 amide bonds. The lowest BCUT2D eigenvalue weighted by molar-refractivity contribution is -0.147. The van der Waals surface area contributed by atoms with E-state index in [9.17, 15) is 19.2 Å². The van der Waals surface area contributed by atoms with Crippen LogP contribution in [-0.4, -0.2) is 48.1 Å². The molecule has 0 bridgehead atoms. The lowest BCUT2D eigenvalue weighted by Crippen LogP contribution is -2.44. The summed E-state index contributed by atoms with van der Waals surface area (Å²) in [5, 5.41) is 10.8. The highest BCUT2D eigenvalue weighted by molar-refractivity contribution is 6.44. The number of Topliss-reactive ketones (excluding diaryl/α,β-unsaturated/α-hetero) is 2. The Labute approximate surface area is 218 Å². The Morgan fingerprint density at radius 3 is 2.11 bits per heavy atom. The number of amides is 1. The summed E-state index contributed by atoms with van der Waals surface area (Å²) in [7, 11) is 1.27. The number of rotatable bonds is 13. The Balaban J connectivity index is 2.09. The number of carbonyl (C=O) groups excluding carboxylic acids is 4. The van der Waals surface area contributed by atoms with Crippen LogP contribution in [0.2, 0.25) is 0 Å². The topological polar surface area (TPSA) is 123 Å². The highest BCUT2D eigenvalue weighted by atomic mass is 16.6. The van der Waals surface area contributed by atoms with E-state index < -0.39 is 29.6 Å². The normalized spacial score (nSPS) is 12.6. The standard InChI is InChI=1S/C29H36N2O6/c1-29(2,3)37-28(35)31-24(17-11-16-23(30)26(33)21-14-9-6-10-15-21)25(32)19-22(27(34)36-4)18-20-12-7-5-8-13-20/h5-10,12-15,22,24,30H,11,16-19H2,1-4H3,(H,31,35)/t22-,24-/m0/s1. The zero-order chi connectivity index (χ0) is 27.4. The SMILES string of the molecule is COC(=O)[C@H](CC(=O)[C@H](CCCC(=N)C(=O)c1ccccc1)NC(=O)OC(C)(C)C)Cc1ccccc1. The Morgan fingerprint density at radius 2 is 1.54 bits per heavy atom. The van der Waals surface area contributed by atoms with Crippen molar-refractivity contribution < 1.29 is 28.7 Å². The van der Waals surface area contributed by atoms with Gasteiger partial charge in [0.25, 0.3) is 0 Å². The summed E-state index contributed by atoms with van der Waals surface area (Å²) < 4.78 is 10.2. The lowest BCUT2D eigenvalue weighted by Gasteiger charge is -2.24. The number of methoxy groups -OCH3 is 1. The summed E-state index contributed by atoms with van der Waals surface area (Å²) in [5.74, 6) is -1.96. The van der Waals surface area contributed by atoms with E-state index in [2.05, 4.69) is 5.32 Å². The average Bonchev–Trinajstić information content (AvgIpc) is 2.86. The molecule has 0 aliphatic rings. The molecule has 0 aromatic heterocycles. The first-order valence-electron chi connectivity index (χ1n) is 12.3. The van der Waals surface area contributed by atoms with Crippen LogP contribution in [0, 0.1) is 11.3 Å². The fourth-order valence-electron chi connectivity index (χ4n) is 3.81. The number of nitrogens with one attached hydrogen (secondary N) is 2. The van der Waals surface area contributed by atoms with Crippen molar-refractivity contribution in [3.05, 3.63) is 71.8 Å². The molecule has 2 rings (SSSR count). The highest BCUT2D eigenvalue weighted by Gasteiger charge is 2.30. The highest BCUT2D eigenvalue weighted by Crippen LogP contribution is 2.18. The molecule has 0 radical (unpaired) electrons. The van der Waals surface area contributed by atoms with Crippen molar-refractivity contribution in [2.75, 3.05) is 7.11 Å². The molecular formula is C29H36N2O6. The average molecular weight is 509 g/mol. The molecule has 0 unspecified atom stereocenters. The summed E-state index contributed by atoms with van der Waals surface area (Å²) in [6, 6.07) is 16.9. The summed E-state index contributed by atoms with van der Waals surface area (Å²) >= 11 is 0. The van der Waals surface area contributed by atoms with Crippen LogP contribution in [0.25, 0.3) is 0 Å². The third-order valence-corrected chi connectivity index (χ3v) is 5.62. The first kappa shape index (κ1) is 29.4. The van der Waals surface area contributed by atoms with Gasteiger partial charge in [-0.1, -0.05) is 60.7 Å². The van der Waals surface area contributed by atoms with E-state index in [0.717, 1.165) is 5.56 Å². The van der Waals surface area contributed by atoms with E-state index in [4.69, 9.17) is 14.9 Å². The zero-order valence-corrected chi connectivity index (χ0v) is 21.9. The first-order valence-corrected chi connectivity index (χ1v) is 12.3. The third-order valence-electron chi connectivity index (χ3n) is 5.62. The molecule has 0 aliphatic heterocycles. The van der Waals surface area contributed by atoms with E-state index in [-0.39, 0.29) is 36.5 Å². The van der Waals surface area contributed by atoms with Gasteiger partial charge in [0, 0.05) is 12.0 Å². The number of ether oxygens (including phenoxy) is 2. The van der Waals surface area contributed by atoms with Crippen LogP contribution in [0.4, 0.5) is 4.79 Å². The maximum Gasteiger partial charge on any atom is 0.408 e. The maximum atomic E-state index is 13.3. The Kier molecular flexibility index (Phi) is 11.2. The largest absolute Gasteiger partial charge is 0.469 e.